The number of esters is 1. The summed E-state index contributed by atoms with van der Waals surface area (Å²) in [5.41, 5.74) is 3.10. The van der Waals surface area contributed by atoms with Crippen LogP contribution in [0.1, 0.15) is 20.8 Å². The molecule has 1 aliphatic heterocycles. The molecule has 146 valence electrons. The third kappa shape index (κ3) is 3.41. The summed E-state index contributed by atoms with van der Waals surface area (Å²) in [5, 5.41) is 4.09. The molecule has 1 saturated heterocycles. The van der Waals surface area contributed by atoms with Gasteiger partial charge in [0.15, 0.2) is 11.6 Å². The Balaban J connectivity index is 1.82. The van der Waals surface area contributed by atoms with Crippen LogP contribution in [-0.2, 0) is 9.47 Å². The summed E-state index contributed by atoms with van der Waals surface area (Å²) in [5.74, 6) is 1.04. The summed E-state index contributed by atoms with van der Waals surface area (Å²) in [4.78, 5) is 25.2. The summed E-state index contributed by atoms with van der Waals surface area (Å²) < 4.78 is 10.5. The van der Waals surface area contributed by atoms with E-state index in [4.69, 9.17) is 19.4 Å². The van der Waals surface area contributed by atoms with Crippen LogP contribution in [0.25, 0.3) is 11.0 Å². The zero-order valence-corrected chi connectivity index (χ0v) is 16.9. The van der Waals surface area contributed by atoms with Crippen LogP contribution in [0.2, 0.25) is 0 Å². The van der Waals surface area contributed by atoms with Crippen LogP contribution in [0, 0.1) is 13.8 Å². The van der Waals surface area contributed by atoms with E-state index in [1.165, 1.54) is 18.4 Å². The van der Waals surface area contributed by atoms with Crippen LogP contribution in [-0.4, -0.2) is 49.4 Å². The number of aryl methyl sites for hydroxylation is 1. The molecule has 1 aromatic carbocycles. The van der Waals surface area contributed by atoms with E-state index in [1.807, 2.05) is 38.1 Å². The van der Waals surface area contributed by atoms with Gasteiger partial charge in [-0.2, -0.15) is 0 Å². The highest BCUT2D eigenvalue weighted by molar-refractivity contribution is 7.16. The second-order valence-electron chi connectivity index (χ2n) is 6.59. The molecule has 1 N–H and O–H groups in total. The maximum Gasteiger partial charge on any atom is 0.341 e. The Morgan fingerprint density at radius 3 is 2.54 bits per heavy atom. The van der Waals surface area contributed by atoms with Crippen molar-refractivity contribution in [3.8, 4) is 0 Å². The number of morpholine rings is 1. The molecule has 0 aliphatic carbocycles. The number of carbonyl (C=O) groups excluding carboxylic acids is 1. The van der Waals surface area contributed by atoms with Gasteiger partial charge in [0, 0.05) is 18.0 Å². The number of carbonyl (C=O) groups is 1. The largest absolute Gasteiger partial charge is 0.465 e. The number of hydrogen-bond acceptors (Lipinski definition) is 8. The van der Waals surface area contributed by atoms with E-state index in [0.29, 0.717) is 24.6 Å². The van der Waals surface area contributed by atoms with E-state index in [9.17, 15) is 4.79 Å². The van der Waals surface area contributed by atoms with Crippen molar-refractivity contribution in [1.82, 2.24) is 9.97 Å². The van der Waals surface area contributed by atoms with E-state index < -0.39 is 0 Å². The minimum Gasteiger partial charge on any atom is -0.465 e. The Morgan fingerprint density at radius 2 is 1.86 bits per heavy atom. The van der Waals surface area contributed by atoms with Gasteiger partial charge in [-0.25, -0.2) is 14.8 Å². The lowest BCUT2D eigenvalue weighted by molar-refractivity contribution is 0.0601. The molecule has 0 atom stereocenters. The number of aromatic nitrogens is 2. The number of nitrogens with zero attached hydrogens (tertiary/aromatic N) is 3. The Labute approximate surface area is 167 Å². The van der Waals surface area contributed by atoms with E-state index >= 15 is 0 Å². The van der Waals surface area contributed by atoms with Gasteiger partial charge in [-0.1, -0.05) is 12.1 Å². The summed E-state index contributed by atoms with van der Waals surface area (Å²) in [6, 6.07) is 7.78. The molecular weight excluding hydrogens is 376 g/mol. The third-order valence-electron chi connectivity index (χ3n) is 4.87. The summed E-state index contributed by atoms with van der Waals surface area (Å²) in [6.07, 6.45) is 0. The quantitative estimate of drug-likeness (QED) is 0.672. The molecule has 0 bridgehead atoms. The average molecular weight is 398 g/mol. The molecule has 0 radical (unpaired) electrons. The zero-order valence-electron chi connectivity index (χ0n) is 16.1. The monoisotopic (exact) mass is 398 g/mol. The van der Waals surface area contributed by atoms with Crippen LogP contribution >= 0.6 is 11.3 Å². The highest BCUT2D eigenvalue weighted by atomic mass is 32.1. The standard InChI is InChI=1S/C20H22N4O3S/c1-12-13(2)28-19(16(12)20(25)26-3)23-17-18(24-8-10-27-11-9-24)22-15-7-5-4-6-14(15)21-17/h4-7H,8-11H2,1-3H3,(H,21,23). The Kier molecular flexibility index (Phi) is 5.15. The average Bonchev–Trinajstić information content (AvgIpc) is 3.00. The van der Waals surface area contributed by atoms with Crippen molar-refractivity contribution in [3.63, 3.8) is 0 Å². The minimum atomic E-state index is -0.356. The molecule has 28 heavy (non-hydrogen) atoms. The second kappa shape index (κ2) is 7.73. The molecule has 7 nitrogen and oxygen atoms in total. The summed E-state index contributed by atoms with van der Waals surface area (Å²) in [7, 11) is 1.40. The Hall–Kier alpha value is -2.71. The molecule has 1 aliphatic rings. The number of thiophene rings is 1. The Morgan fingerprint density at radius 1 is 1.18 bits per heavy atom. The Bertz CT molecular complexity index is 1030. The van der Waals surface area contributed by atoms with Gasteiger partial charge in [0.05, 0.1) is 36.9 Å². The number of benzene rings is 1. The molecule has 0 unspecified atom stereocenters. The van der Waals surface area contributed by atoms with Gasteiger partial charge >= 0.3 is 5.97 Å². The van der Waals surface area contributed by atoms with Gasteiger partial charge < -0.3 is 19.7 Å². The van der Waals surface area contributed by atoms with Crippen LogP contribution in [0.3, 0.4) is 0 Å². The van der Waals surface area contributed by atoms with Gasteiger partial charge in [-0.15, -0.1) is 11.3 Å². The molecule has 2 aromatic heterocycles. The van der Waals surface area contributed by atoms with Crippen molar-refractivity contribution < 1.29 is 14.3 Å². The highest BCUT2D eigenvalue weighted by Crippen LogP contribution is 2.37. The molecule has 8 heteroatoms. The normalized spacial score (nSPS) is 14.3. The molecule has 3 heterocycles. The molecule has 3 aromatic rings. The lowest BCUT2D eigenvalue weighted by atomic mass is 10.1. The van der Waals surface area contributed by atoms with E-state index in [2.05, 4.69) is 10.2 Å². The molecule has 4 rings (SSSR count). The van der Waals surface area contributed by atoms with Gasteiger partial charge in [0.1, 0.15) is 5.00 Å². The molecule has 0 saturated carbocycles. The fraction of sp³-hybridized carbons (Fsp3) is 0.350. The van der Waals surface area contributed by atoms with Gasteiger partial charge in [0.25, 0.3) is 0 Å². The number of rotatable bonds is 4. The van der Waals surface area contributed by atoms with Crippen molar-refractivity contribution in [2.24, 2.45) is 0 Å². The fourth-order valence-electron chi connectivity index (χ4n) is 3.24. The van der Waals surface area contributed by atoms with E-state index in [0.717, 1.165) is 45.4 Å². The second-order valence-corrected chi connectivity index (χ2v) is 7.81. The maximum absolute atomic E-state index is 12.3. The molecular formula is C20H22N4O3S. The smallest absolute Gasteiger partial charge is 0.341 e. The number of hydrogen-bond donors (Lipinski definition) is 1. The predicted octanol–water partition coefficient (Wildman–Crippen LogP) is 3.67. The first-order chi connectivity index (χ1) is 13.6. The van der Waals surface area contributed by atoms with Crippen LogP contribution in [0.4, 0.5) is 16.6 Å². The van der Waals surface area contributed by atoms with Crippen molar-refractivity contribution in [2.75, 3.05) is 43.6 Å². The topological polar surface area (TPSA) is 76.6 Å². The van der Waals surface area contributed by atoms with Gasteiger partial charge in [0.2, 0.25) is 0 Å². The molecule has 0 spiro atoms. The summed E-state index contributed by atoms with van der Waals surface area (Å²) in [6.45, 7) is 6.71. The number of ether oxygens (including phenoxy) is 2. The maximum atomic E-state index is 12.3. The number of fused-ring (bicyclic) bond motifs is 1. The van der Waals surface area contributed by atoms with Crippen molar-refractivity contribution in [2.45, 2.75) is 13.8 Å². The summed E-state index contributed by atoms with van der Waals surface area (Å²) >= 11 is 1.52. The van der Waals surface area contributed by atoms with Crippen molar-refractivity contribution in [1.29, 1.82) is 0 Å². The molecule has 0 amide bonds. The minimum absolute atomic E-state index is 0.356. The number of nitrogens with one attached hydrogen (secondary N) is 1. The lowest BCUT2D eigenvalue weighted by Gasteiger charge is -2.29. The first kappa shape index (κ1) is 18.6. The third-order valence-corrected chi connectivity index (χ3v) is 5.99. The lowest BCUT2D eigenvalue weighted by Crippen LogP contribution is -2.37. The van der Waals surface area contributed by atoms with E-state index in [-0.39, 0.29) is 5.97 Å². The highest BCUT2D eigenvalue weighted by Gasteiger charge is 2.24. The number of anilines is 3. The number of para-hydroxylation sites is 2. The van der Waals surface area contributed by atoms with Crippen molar-refractivity contribution in [3.05, 3.63) is 40.3 Å². The SMILES string of the molecule is COC(=O)c1c(Nc2nc3ccccc3nc2N2CCOCC2)sc(C)c1C. The van der Waals surface area contributed by atoms with E-state index in [1.54, 1.807) is 0 Å². The van der Waals surface area contributed by atoms with Crippen LogP contribution in [0.15, 0.2) is 24.3 Å². The predicted molar refractivity (Wildman–Crippen MR) is 111 cm³/mol. The van der Waals surface area contributed by atoms with Gasteiger partial charge in [-0.05, 0) is 31.5 Å². The molecule has 1 fully saturated rings. The first-order valence-electron chi connectivity index (χ1n) is 9.13. The number of methoxy groups -OCH3 is 1. The fourth-order valence-corrected chi connectivity index (χ4v) is 4.29. The first-order valence-corrected chi connectivity index (χ1v) is 9.95. The zero-order chi connectivity index (χ0) is 19.7. The van der Waals surface area contributed by atoms with Crippen molar-refractivity contribution >= 4 is 45.0 Å². The van der Waals surface area contributed by atoms with Gasteiger partial charge in [-0.3, -0.25) is 0 Å². The van der Waals surface area contributed by atoms with Crippen LogP contribution < -0.4 is 10.2 Å². The van der Waals surface area contributed by atoms with Crippen LogP contribution in [0.5, 0.6) is 0 Å².